The van der Waals surface area contributed by atoms with Gasteiger partial charge >= 0.3 is 6.09 Å². The van der Waals surface area contributed by atoms with E-state index in [2.05, 4.69) is 4.98 Å². The highest BCUT2D eigenvalue weighted by molar-refractivity contribution is 7.18. The molecule has 1 atom stereocenters. The highest BCUT2D eigenvalue weighted by Crippen LogP contribution is 2.29. The number of likely N-dealkylation sites (tertiary alicyclic amines) is 1. The Kier molecular flexibility index (Phi) is 6.79. The molecule has 1 N–H and O–H groups in total. The van der Waals surface area contributed by atoms with Crippen LogP contribution in [0.2, 0.25) is 0 Å². The summed E-state index contributed by atoms with van der Waals surface area (Å²) < 4.78 is 7.29. The van der Waals surface area contributed by atoms with Gasteiger partial charge in [0.2, 0.25) is 5.91 Å². The molecule has 0 radical (unpaired) electrons. The maximum Gasteiger partial charge on any atom is 0.408 e. The number of hydrogen-bond acceptors (Lipinski definition) is 5. The van der Waals surface area contributed by atoms with E-state index in [1.807, 2.05) is 59.7 Å². The number of amides is 2. The number of carbonyl (C=O) groups is 2. The quantitative estimate of drug-likeness (QED) is 0.713. The summed E-state index contributed by atoms with van der Waals surface area (Å²) in [5.41, 5.74) is 0.322. The number of benzene rings is 1. The smallest absolute Gasteiger partial charge is 0.408 e. The topological polar surface area (TPSA) is 83.0 Å². The third-order valence-corrected chi connectivity index (χ3v) is 6.55. The summed E-state index contributed by atoms with van der Waals surface area (Å²) in [6, 6.07) is 5.25. The van der Waals surface area contributed by atoms with Gasteiger partial charge in [-0.3, -0.25) is 9.69 Å². The van der Waals surface area contributed by atoms with Crippen molar-refractivity contribution in [3.8, 4) is 5.75 Å². The largest absolute Gasteiger partial charge is 0.490 e. The van der Waals surface area contributed by atoms with Gasteiger partial charge in [0, 0.05) is 31.5 Å². The highest BCUT2D eigenvalue weighted by atomic mass is 32.1. The van der Waals surface area contributed by atoms with Gasteiger partial charge in [-0.05, 0) is 51.8 Å². The summed E-state index contributed by atoms with van der Waals surface area (Å²) in [4.78, 5) is 32.9. The predicted molar refractivity (Wildman–Crippen MR) is 123 cm³/mol. The van der Waals surface area contributed by atoms with Gasteiger partial charge in [-0.1, -0.05) is 13.8 Å². The second-order valence-electron chi connectivity index (χ2n) is 9.52. The Morgan fingerprint density at radius 1 is 1.26 bits per heavy atom. The van der Waals surface area contributed by atoms with Crippen LogP contribution in [0.25, 0.3) is 10.2 Å². The van der Waals surface area contributed by atoms with Gasteiger partial charge in [-0.15, -0.1) is 11.3 Å². The summed E-state index contributed by atoms with van der Waals surface area (Å²) in [6.07, 6.45) is 0.412. The number of nitrogens with zero attached hydrogens (tertiary/aromatic N) is 3. The molecular weight excluding hydrogens is 414 g/mol. The molecule has 8 heteroatoms. The minimum atomic E-state index is -1.06. The van der Waals surface area contributed by atoms with Crippen LogP contribution in [0.3, 0.4) is 0 Å². The zero-order chi connectivity index (χ0) is 22.9. The Labute approximate surface area is 188 Å². The molecule has 1 fully saturated rings. The van der Waals surface area contributed by atoms with Crippen molar-refractivity contribution >= 4 is 33.6 Å². The fraction of sp³-hybridized carbons (Fsp3) is 0.609. The zero-order valence-corrected chi connectivity index (χ0v) is 20.0. The number of aromatic nitrogens is 1. The Morgan fingerprint density at radius 3 is 2.45 bits per heavy atom. The van der Waals surface area contributed by atoms with E-state index in [1.54, 1.807) is 16.2 Å². The van der Waals surface area contributed by atoms with Crippen LogP contribution in [0.1, 0.15) is 52.5 Å². The number of thiazole rings is 1. The minimum absolute atomic E-state index is 0.0335. The molecular formula is C23H33N3O4S. The van der Waals surface area contributed by atoms with Crippen molar-refractivity contribution in [2.24, 2.45) is 5.92 Å². The van der Waals surface area contributed by atoms with Gasteiger partial charge in [0.15, 0.2) is 0 Å². The van der Waals surface area contributed by atoms with Crippen molar-refractivity contribution in [2.45, 2.75) is 72.1 Å². The maximum absolute atomic E-state index is 13.3. The van der Waals surface area contributed by atoms with Gasteiger partial charge in [-0.2, -0.15) is 0 Å². The fourth-order valence-electron chi connectivity index (χ4n) is 4.18. The average molecular weight is 448 g/mol. The molecule has 2 heterocycles. The van der Waals surface area contributed by atoms with Crippen molar-refractivity contribution in [3.63, 3.8) is 0 Å². The lowest BCUT2D eigenvalue weighted by Gasteiger charge is -2.43. The van der Waals surface area contributed by atoms with E-state index in [1.165, 1.54) is 4.90 Å². The molecule has 0 bridgehead atoms. The average Bonchev–Trinajstić information content (AvgIpc) is 3.03. The third-order valence-electron chi connectivity index (χ3n) is 5.61. The van der Waals surface area contributed by atoms with E-state index in [4.69, 9.17) is 4.74 Å². The summed E-state index contributed by atoms with van der Waals surface area (Å²) in [7, 11) is 0. The summed E-state index contributed by atoms with van der Waals surface area (Å²) in [5, 5.41) is 10.8. The van der Waals surface area contributed by atoms with E-state index >= 15 is 0 Å². The standard InChI is InChI=1S/C23H33N3O4S/c1-14(2)20(26(22(28)29)23(4,5)6)21(27)25-11-9-16(10-12-25)30-17-7-8-18-19(13-17)31-15(3)24-18/h7-8,13-14,16,20H,9-12H2,1-6H3,(H,28,29)/t20-/m0/s1. The molecule has 170 valence electrons. The SMILES string of the molecule is Cc1nc2ccc(OC3CCN(C(=O)[C@H](C(C)C)N(C(=O)O)C(C)(C)C)CC3)cc2s1. The number of piperidine rings is 1. The molecule has 1 saturated heterocycles. The summed E-state index contributed by atoms with van der Waals surface area (Å²) >= 11 is 1.65. The van der Waals surface area contributed by atoms with Crippen LogP contribution in [0.5, 0.6) is 5.75 Å². The minimum Gasteiger partial charge on any atom is -0.490 e. The second-order valence-corrected chi connectivity index (χ2v) is 10.8. The van der Waals surface area contributed by atoms with Crippen LogP contribution in [0.15, 0.2) is 18.2 Å². The van der Waals surface area contributed by atoms with E-state index in [-0.39, 0.29) is 17.9 Å². The summed E-state index contributed by atoms with van der Waals surface area (Å²) in [5.74, 6) is 0.587. The number of fused-ring (bicyclic) bond motifs is 1. The molecule has 0 saturated carbocycles. The maximum atomic E-state index is 13.3. The number of aryl methyl sites for hydroxylation is 1. The Balaban J connectivity index is 1.65. The predicted octanol–water partition coefficient (Wildman–Crippen LogP) is 4.78. The number of hydrogen-bond donors (Lipinski definition) is 1. The second kappa shape index (κ2) is 9.02. The first-order valence-electron chi connectivity index (χ1n) is 10.8. The molecule has 0 spiro atoms. The molecule has 3 rings (SSSR count). The molecule has 0 unspecified atom stereocenters. The van der Waals surface area contributed by atoms with Gasteiger partial charge < -0.3 is 14.7 Å². The molecule has 7 nitrogen and oxygen atoms in total. The van der Waals surface area contributed by atoms with Crippen LogP contribution in [-0.4, -0.2) is 62.7 Å². The lowest BCUT2D eigenvalue weighted by Crippen LogP contribution is -2.60. The van der Waals surface area contributed by atoms with E-state index < -0.39 is 17.7 Å². The first-order chi connectivity index (χ1) is 14.5. The van der Waals surface area contributed by atoms with Crippen LogP contribution < -0.4 is 4.74 Å². The van der Waals surface area contributed by atoms with Crippen molar-refractivity contribution in [1.82, 2.24) is 14.8 Å². The monoisotopic (exact) mass is 447 g/mol. The molecule has 1 aromatic carbocycles. The fourth-order valence-corrected chi connectivity index (χ4v) is 5.04. The van der Waals surface area contributed by atoms with Gasteiger partial charge in [0.1, 0.15) is 17.9 Å². The third kappa shape index (κ3) is 5.29. The van der Waals surface area contributed by atoms with Crippen LogP contribution >= 0.6 is 11.3 Å². The Bertz CT molecular complexity index is 942. The van der Waals surface area contributed by atoms with Gasteiger partial charge in [0.25, 0.3) is 0 Å². The molecule has 0 aliphatic carbocycles. The van der Waals surface area contributed by atoms with E-state index in [0.29, 0.717) is 13.1 Å². The van der Waals surface area contributed by atoms with Crippen molar-refractivity contribution in [1.29, 1.82) is 0 Å². The van der Waals surface area contributed by atoms with Crippen molar-refractivity contribution in [2.75, 3.05) is 13.1 Å². The molecule has 1 aromatic heterocycles. The Hall–Kier alpha value is -2.35. The lowest BCUT2D eigenvalue weighted by molar-refractivity contribution is -0.141. The molecule has 1 aliphatic rings. The van der Waals surface area contributed by atoms with E-state index in [0.717, 1.165) is 33.8 Å². The normalized spacial score (nSPS) is 16.5. The molecule has 2 amide bonds. The highest BCUT2D eigenvalue weighted by Gasteiger charge is 2.41. The van der Waals surface area contributed by atoms with Crippen LogP contribution in [0, 0.1) is 12.8 Å². The van der Waals surface area contributed by atoms with Crippen LogP contribution in [-0.2, 0) is 4.79 Å². The zero-order valence-electron chi connectivity index (χ0n) is 19.2. The number of rotatable bonds is 5. The number of carboxylic acid groups (broad SMARTS) is 1. The number of carbonyl (C=O) groups excluding carboxylic acids is 1. The summed E-state index contributed by atoms with van der Waals surface area (Å²) in [6.45, 7) is 12.4. The Morgan fingerprint density at radius 2 is 1.90 bits per heavy atom. The first-order valence-corrected chi connectivity index (χ1v) is 11.6. The molecule has 31 heavy (non-hydrogen) atoms. The van der Waals surface area contributed by atoms with Gasteiger partial charge in [-0.25, -0.2) is 9.78 Å². The molecule has 1 aliphatic heterocycles. The van der Waals surface area contributed by atoms with E-state index in [9.17, 15) is 14.7 Å². The van der Waals surface area contributed by atoms with Crippen molar-refractivity contribution in [3.05, 3.63) is 23.2 Å². The number of ether oxygens (including phenoxy) is 1. The van der Waals surface area contributed by atoms with Crippen molar-refractivity contribution < 1.29 is 19.4 Å². The van der Waals surface area contributed by atoms with Crippen LogP contribution in [0.4, 0.5) is 4.79 Å². The first kappa shape index (κ1) is 23.3. The van der Waals surface area contributed by atoms with Gasteiger partial charge in [0.05, 0.1) is 15.2 Å². The lowest BCUT2D eigenvalue weighted by atomic mass is 9.94. The molecule has 2 aromatic rings.